The van der Waals surface area contributed by atoms with E-state index in [0.717, 1.165) is 18.5 Å². The lowest BCUT2D eigenvalue weighted by molar-refractivity contribution is -0.136. The molecule has 0 saturated carbocycles. The molecule has 24 heavy (non-hydrogen) atoms. The molecule has 1 atom stereocenters. The van der Waals surface area contributed by atoms with Crippen LogP contribution in [0.5, 0.6) is 0 Å². The molecule has 0 aromatic carbocycles. The number of aromatic nitrogens is 1. The van der Waals surface area contributed by atoms with Gasteiger partial charge in [0.1, 0.15) is 0 Å². The van der Waals surface area contributed by atoms with E-state index < -0.39 is 5.60 Å². The molecule has 1 amide bonds. The number of carbonyl (C=O) groups excluding carboxylic acids is 1. The van der Waals surface area contributed by atoms with E-state index in [1.54, 1.807) is 12.4 Å². The summed E-state index contributed by atoms with van der Waals surface area (Å²) < 4.78 is 0. The molecule has 2 aliphatic heterocycles. The average Bonchev–Trinajstić information content (AvgIpc) is 2.61. The van der Waals surface area contributed by atoms with Gasteiger partial charge in [-0.25, -0.2) is 0 Å². The van der Waals surface area contributed by atoms with E-state index in [-0.39, 0.29) is 5.91 Å². The lowest BCUT2D eigenvalue weighted by Gasteiger charge is -2.38. The van der Waals surface area contributed by atoms with Gasteiger partial charge in [-0.1, -0.05) is 6.07 Å². The summed E-state index contributed by atoms with van der Waals surface area (Å²) in [5, 5.41) is 10.8. The van der Waals surface area contributed by atoms with Gasteiger partial charge < -0.3 is 14.9 Å². The van der Waals surface area contributed by atoms with E-state index in [4.69, 9.17) is 0 Å². The highest BCUT2D eigenvalue weighted by atomic mass is 16.3. The Morgan fingerprint density at radius 2 is 2.17 bits per heavy atom. The van der Waals surface area contributed by atoms with Crippen molar-refractivity contribution < 1.29 is 9.90 Å². The number of rotatable bonds is 4. The fraction of sp³-hybridized carbons (Fsp3) is 0.684. The van der Waals surface area contributed by atoms with Crippen LogP contribution in [-0.4, -0.2) is 59.0 Å². The Kier molecular flexibility index (Phi) is 5.51. The van der Waals surface area contributed by atoms with Gasteiger partial charge in [-0.05, 0) is 57.7 Å². The van der Waals surface area contributed by atoms with E-state index in [2.05, 4.69) is 16.9 Å². The highest BCUT2D eigenvalue weighted by Crippen LogP contribution is 2.32. The Hall–Kier alpha value is -1.46. The summed E-state index contributed by atoms with van der Waals surface area (Å²) in [6.07, 6.45) is 8.77. The van der Waals surface area contributed by atoms with Crippen LogP contribution in [-0.2, 0) is 10.4 Å². The fourth-order valence-electron chi connectivity index (χ4n) is 4.05. The summed E-state index contributed by atoms with van der Waals surface area (Å²) in [6.45, 7) is 3.57. The third-order valence-electron chi connectivity index (χ3n) is 5.63. The third-order valence-corrected chi connectivity index (χ3v) is 5.63. The molecule has 0 aliphatic carbocycles. The average molecular weight is 331 g/mol. The third kappa shape index (κ3) is 4.14. The van der Waals surface area contributed by atoms with Crippen LogP contribution in [0.25, 0.3) is 0 Å². The zero-order chi connectivity index (χ0) is 17.0. The molecule has 5 nitrogen and oxygen atoms in total. The Bertz CT molecular complexity index is 541. The van der Waals surface area contributed by atoms with E-state index >= 15 is 0 Å². The molecule has 0 unspecified atom stereocenters. The lowest BCUT2D eigenvalue weighted by Crippen LogP contribution is -2.45. The van der Waals surface area contributed by atoms with Gasteiger partial charge in [-0.2, -0.15) is 0 Å². The summed E-state index contributed by atoms with van der Waals surface area (Å²) in [5.74, 6) is 0.904. The second-order valence-electron chi connectivity index (χ2n) is 7.46. The van der Waals surface area contributed by atoms with E-state index in [1.807, 2.05) is 17.0 Å². The van der Waals surface area contributed by atoms with Crippen molar-refractivity contribution in [2.24, 2.45) is 5.92 Å². The maximum Gasteiger partial charge on any atom is 0.222 e. The van der Waals surface area contributed by atoms with E-state index in [0.29, 0.717) is 38.3 Å². The minimum absolute atomic E-state index is 0.247. The van der Waals surface area contributed by atoms with E-state index in [1.165, 1.54) is 19.4 Å². The molecule has 1 N–H and O–H groups in total. The van der Waals surface area contributed by atoms with Crippen LogP contribution in [0.4, 0.5) is 0 Å². The molecular formula is C19H29N3O2. The van der Waals surface area contributed by atoms with Crippen molar-refractivity contribution in [3.63, 3.8) is 0 Å². The molecular weight excluding hydrogens is 302 g/mol. The Labute approximate surface area is 144 Å². The predicted octanol–water partition coefficient (Wildman–Crippen LogP) is 2.01. The van der Waals surface area contributed by atoms with Crippen LogP contribution in [0.2, 0.25) is 0 Å². The fourth-order valence-corrected chi connectivity index (χ4v) is 4.05. The molecule has 132 valence electrons. The number of amides is 1. The Balaban J connectivity index is 1.47. The van der Waals surface area contributed by atoms with Crippen molar-refractivity contribution in [1.82, 2.24) is 14.8 Å². The number of piperidine rings is 2. The van der Waals surface area contributed by atoms with Crippen LogP contribution in [0.3, 0.4) is 0 Å². The number of aliphatic hydroxyl groups is 1. The van der Waals surface area contributed by atoms with Crippen molar-refractivity contribution in [3.8, 4) is 0 Å². The molecule has 0 spiro atoms. The van der Waals surface area contributed by atoms with Gasteiger partial charge in [0.05, 0.1) is 5.60 Å². The van der Waals surface area contributed by atoms with Gasteiger partial charge in [0.25, 0.3) is 0 Å². The van der Waals surface area contributed by atoms with Gasteiger partial charge in [-0.15, -0.1) is 0 Å². The number of likely N-dealkylation sites (tertiary alicyclic amines) is 2. The minimum atomic E-state index is -0.836. The molecule has 2 saturated heterocycles. The summed E-state index contributed by atoms with van der Waals surface area (Å²) in [4.78, 5) is 20.9. The predicted molar refractivity (Wildman–Crippen MR) is 93.4 cm³/mol. The van der Waals surface area contributed by atoms with Crippen molar-refractivity contribution in [3.05, 3.63) is 30.1 Å². The smallest absolute Gasteiger partial charge is 0.222 e. The van der Waals surface area contributed by atoms with Crippen LogP contribution < -0.4 is 0 Å². The van der Waals surface area contributed by atoms with Crippen molar-refractivity contribution in [2.45, 2.75) is 44.1 Å². The molecule has 1 aromatic heterocycles. The first-order valence-corrected chi connectivity index (χ1v) is 9.16. The maximum absolute atomic E-state index is 12.5. The first-order chi connectivity index (χ1) is 11.6. The standard InChI is InChI=1S/C19H29N3O2/c1-21-11-3-4-16(15-21)6-7-18(23)22-12-8-19(24,9-13-22)17-5-2-10-20-14-17/h2,5,10,14,16,24H,3-4,6-9,11-13,15H2,1H3/t16-/m1/s1. The Morgan fingerprint density at radius 3 is 2.83 bits per heavy atom. The van der Waals surface area contributed by atoms with Gasteiger partial charge in [0.15, 0.2) is 0 Å². The van der Waals surface area contributed by atoms with Crippen LogP contribution >= 0.6 is 0 Å². The largest absolute Gasteiger partial charge is 0.385 e. The topological polar surface area (TPSA) is 56.7 Å². The molecule has 5 heteroatoms. The van der Waals surface area contributed by atoms with Gasteiger partial charge in [0.2, 0.25) is 5.91 Å². The molecule has 2 fully saturated rings. The number of nitrogens with zero attached hydrogens (tertiary/aromatic N) is 3. The Morgan fingerprint density at radius 1 is 1.38 bits per heavy atom. The van der Waals surface area contributed by atoms with Gasteiger partial charge in [0, 0.05) is 44.0 Å². The maximum atomic E-state index is 12.5. The summed E-state index contributed by atoms with van der Waals surface area (Å²) in [6, 6.07) is 3.77. The minimum Gasteiger partial charge on any atom is -0.385 e. The van der Waals surface area contributed by atoms with Crippen molar-refractivity contribution >= 4 is 5.91 Å². The number of pyridine rings is 1. The summed E-state index contributed by atoms with van der Waals surface area (Å²) in [7, 11) is 2.16. The van der Waals surface area contributed by atoms with Gasteiger partial charge >= 0.3 is 0 Å². The molecule has 3 heterocycles. The first kappa shape index (κ1) is 17.4. The van der Waals surface area contributed by atoms with Crippen LogP contribution in [0, 0.1) is 5.92 Å². The normalized spacial score (nSPS) is 24.8. The van der Waals surface area contributed by atoms with Crippen LogP contribution in [0.1, 0.15) is 44.1 Å². The van der Waals surface area contributed by atoms with E-state index in [9.17, 15) is 9.90 Å². The molecule has 2 aliphatic rings. The number of hydrogen-bond donors (Lipinski definition) is 1. The highest BCUT2D eigenvalue weighted by molar-refractivity contribution is 5.76. The number of carbonyl (C=O) groups is 1. The molecule has 0 bridgehead atoms. The SMILES string of the molecule is CN1CCC[C@H](CCC(=O)N2CCC(O)(c3cccnc3)CC2)C1. The summed E-state index contributed by atoms with van der Waals surface area (Å²) in [5.41, 5.74) is 0.0271. The second-order valence-corrected chi connectivity index (χ2v) is 7.46. The zero-order valence-electron chi connectivity index (χ0n) is 14.7. The zero-order valence-corrected chi connectivity index (χ0v) is 14.7. The molecule has 0 radical (unpaired) electrons. The first-order valence-electron chi connectivity index (χ1n) is 9.16. The molecule has 3 rings (SSSR count). The quantitative estimate of drug-likeness (QED) is 0.917. The second kappa shape index (κ2) is 7.62. The highest BCUT2D eigenvalue weighted by Gasteiger charge is 2.35. The van der Waals surface area contributed by atoms with Crippen LogP contribution in [0.15, 0.2) is 24.5 Å². The lowest BCUT2D eigenvalue weighted by atomic mass is 9.85. The number of hydrogen-bond acceptors (Lipinski definition) is 4. The van der Waals surface area contributed by atoms with Crippen molar-refractivity contribution in [2.75, 3.05) is 33.2 Å². The van der Waals surface area contributed by atoms with Gasteiger partial charge in [-0.3, -0.25) is 9.78 Å². The van der Waals surface area contributed by atoms with Crippen molar-refractivity contribution in [1.29, 1.82) is 0 Å². The summed E-state index contributed by atoms with van der Waals surface area (Å²) >= 11 is 0. The molecule has 1 aromatic rings. The monoisotopic (exact) mass is 331 g/mol.